The van der Waals surface area contributed by atoms with Crippen molar-refractivity contribution < 1.29 is 4.92 Å². The first kappa shape index (κ1) is 10.4. The van der Waals surface area contributed by atoms with E-state index in [0.29, 0.717) is 12.1 Å². The van der Waals surface area contributed by atoms with Gasteiger partial charge in [0, 0.05) is 18.7 Å². The fourth-order valence-corrected chi connectivity index (χ4v) is 1.71. The number of non-ortho nitro benzene ring substituents is 1. The third-order valence-electron chi connectivity index (χ3n) is 2.45. The summed E-state index contributed by atoms with van der Waals surface area (Å²) in [6, 6.07) is 4.70. The maximum absolute atomic E-state index is 10.6. The molecule has 5 heteroatoms. The molecule has 0 saturated carbocycles. The van der Waals surface area contributed by atoms with Crippen molar-refractivity contribution in [2.75, 3.05) is 0 Å². The SMILES string of the molecule is C=CCn1c(C)nc2cc([N+](=O)[O-])ccc21. The molecule has 16 heavy (non-hydrogen) atoms. The molecule has 0 unspecified atom stereocenters. The normalized spacial score (nSPS) is 10.6. The van der Waals surface area contributed by atoms with Gasteiger partial charge in [-0.05, 0) is 13.0 Å². The fourth-order valence-electron chi connectivity index (χ4n) is 1.71. The molecule has 0 saturated heterocycles. The van der Waals surface area contributed by atoms with Crippen LogP contribution in [0.1, 0.15) is 5.82 Å². The molecule has 0 N–H and O–H groups in total. The summed E-state index contributed by atoms with van der Waals surface area (Å²) in [6.45, 7) is 6.20. The summed E-state index contributed by atoms with van der Waals surface area (Å²) in [6.07, 6.45) is 1.77. The third-order valence-corrected chi connectivity index (χ3v) is 2.45. The Morgan fingerprint density at radius 1 is 1.62 bits per heavy atom. The number of allylic oxidation sites excluding steroid dienone is 1. The lowest BCUT2D eigenvalue weighted by molar-refractivity contribution is -0.384. The molecular formula is C11H11N3O2. The second kappa shape index (κ2) is 3.77. The minimum atomic E-state index is -0.415. The topological polar surface area (TPSA) is 61.0 Å². The van der Waals surface area contributed by atoms with Gasteiger partial charge in [-0.1, -0.05) is 6.08 Å². The number of rotatable bonds is 3. The summed E-state index contributed by atoms with van der Waals surface area (Å²) >= 11 is 0. The molecule has 0 aliphatic carbocycles. The van der Waals surface area contributed by atoms with Crippen LogP contribution in [0.4, 0.5) is 5.69 Å². The molecular weight excluding hydrogens is 206 g/mol. The van der Waals surface area contributed by atoms with Gasteiger partial charge in [-0.2, -0.15) is 0 Å². The summed E-state index contributed by atoms with van der Waals surface area (Å²) in [7, 11) is 0. The first-order chi connectivity index (χ1) is 7.63. The van der Waals surface area contributed by atoms with Crippen LogP contribution in [0.2, 0.25) is 0 Å². The average molecular weight is 217 g/mol. The molecule has 2 rings (SSSR count). The van der Waals surface area contributed by atoms with Gasteiger partial charge < -0.3 is 4.57 Å². The summed E-state index contributed by atoms with van der Waals surface area (Å²) < 4.78 is 1.96. The van der Waals surface area contributed by atoms with E-state index in [2.05, 4.69) is 11.6 Å². The average Bonchev–Trinajstić information content (AvgIpc) is 2.55. The molecule has 2 aromatic rings. The van der Waals surface area contributed by atoms with Gasteiger partial charge in [0.05, 0.1) is 16.0 Å². The number of benzene rings is 1. The number of hydrogen-bond donors (Lipinski definition) is 0. The summed E-state index contributed by atoms with van der Waals surface area (Å²) in [4.78, 5) is 14.5. The van der Waals surface area contributed by atoms with Crippen LogP contribution in [0.5, 0.6) is 0 Å². The van der Waals surface area contributed by atoms with Gasteiger partial charge in [-0.25, -0.2) is 4.98 Å². The van der Waals surface area contributed by atoms with Crippen LogP contribution in [-0.4, -0.2) is 14.5 Å². The van der Waals surface area contributed by atoms with Gasteiger partial charge in [0.25, 0.3) is 5.69 Å². The highest BCUT2D eigenvalue weighted by Gasteiger charge is 2.11. The standard InChI is InChI=1S/C11H11N3O2/c1-3-6-13-8(2)12-10-7-9(14(15)16)4-5-11(10)13/h3-5,7H,1,6H2,2H3. The minimum absolute atomic E-state index is 0.0655. The Morgan fingerprint density at radius 3 is 3.00 bits per heavy atom. The second-order valence-corrected chi connectivity index (χ2v) is 3.49. The Morgan fingerprint density at radius 2 is 2.38 bits per heavy atom. The van der Waals surface area contributed by atoms with Gasteiger partial charge >= 0.3 is 0 Å². The highest BCUT2D eigenvalue weighted by atomic mass is 16.6. The Labute approximate surface area is 92.2 Å². The number of nitrogens with zero attached hydrogens (tertiary/aromatic N) is 3. The van der Waals surface area contributed by atoms with Crippen LogP contribution >= 0.6 is 0 Å². The highest BCUT2D eigenvalue weighted by molar-refractivity contribution is 5.78. The molecule has 1 heterocycles. The van der Waals surface area contributed by atoms with E-state index in [-0.39, 0.29) is 5.69 Å². The fraction of sp³-hybridized carbons (Fsp3) is 0.182. The van der Waals surface area contributed by atoms with Crippen LogP contribution in [-0.2, 0) is 6.54 Å². The Kier molecular flexibility index (Phi) is 2.44. The van der Waals surface area contributed by atoms with Crippen molar-refractivity contribution >= 4 is 16.7 Å². The van der Waals surface area contributed by atoms with Crippen molar-refractivity contribution in [3.05, 3.63) is 46.8 Å². The van der Waals surface area contributed by atoms with Crippen molar-refractivity contribution in [1.82, 2.24) is 9.55 Å². The number of nitro groups is 1. The predicted octanol–water partition coefficient (Wildman–Crippen LogP) is 2.44. The molecule has 5 nitrogen and oxygen atoms in total. The van der Waals surface area contributed by atoms with Crippen molar-refractivity contribution in [3.63, 3.8) is 0 Å². The van der Waals surface area contributed by atoms with E-state index in [9.17, 15) is 10.1 Å². The van der Waals surface area contributed by atoms with Crippen molar-refractivity contribution in [2.45, 2.75) is 13.5 Å². The van der Waals surface area contributed by atoms with Gasteiger partial charge in [-0.3, -0.25) is 10.1 Å². The van der Waals surface area contributed by atoms with Crippen molar-refractivity contribution in [1.29, 1.82) is 0 Å². The largest absolute Gasteiger partial charge is 0.324 e. The highest BCUT2D eigenvalue weighted by Crippen LogP contribution is 2.21. The third kappa shape index (κ3) is 1.56. The molecule has 0 aliphatic rings. The van der Waals surface area contributed by atoms with E-state index < -0.39 is 4.92 Å². The van der Waals surface area contributed by atoms with Crippen LogP contribution < -0.4 is 0 Å². The van der Waals surface area contributed by atoms with E-state index >= 15 is 0 Å². The minimum Gasteiger partial charge on any atom is -0.324 e. The van der Waals surface area contributed by atoms with Crippen LogP contribution in [0.25, 0.3) is 11.0 Å². The van der Waals surface area contributed by atoms with Gasteiger partial charge in [-0.15, -0.1) is 6.58 Å². The van der Waals surface area contributed by atoms with E-state index in [4.69, 9.17) is 0 Å². The van der Waals surface area contributed by atoms with E-state index in [1.807, 2.05) is 11.5 Å². The molecule has 0 spiro atoms. The van der Waals surface area contributed by atoms with E-state index in [1.165, 1.54) is 12.1 Å². The molecule has 82 valence electrons. The zero-order valence-electron chi connectivity index (χ0n) is 8.88. The molecule has 0 amide bonds. The second-order valence-electron chi connectivity index (χ2n) is 3.49. The lowest BCUT2D eigenvalue weighted by atomic mass is 10.3. The van der Waals surface area contributed by atoms with E-state index in [0.717, 1.165) is 11.3 Å². The number of aryl methyl sites for hydroxylation is 1. The maximum Gasteiger partial charge on any atom is 0.271 e. The lowest BCUT2D eigenvalue weighted by Gasteiger charge is -2.01. The van der Waals surface area contributed by atoms with Crippen molar-refractivity contribution in [2.24, 2.45) is 0 Å². The molecule has 0 bridgehead atoms. The zero-order chi connectivity index (χ0) is 11.7. The number of hydrogen-bond acceptors (Lipinski definition) is 3. The Balaban J connectivity index is 2.64. The Hall–Kier alpha value is -2.17. The zero-order valence-corrected chi connectivity index (χ0v) is 8.88. The maximum atomic E-state index is 10.6. The number of imidazole rings is 1. The monoisotopic (exact) mass is 217 g/mol. The first-order valence-electron chi connectivity index (χ1n) is 4.85. The molecule has 0 radical (unpaired) electrons. The first-order valence-corrected chi connectivity index (χ1v) is 4.85. The predicted molar refractivity (Wildman–Crippen MR) is 61.3 cm³/mol. The summed E-state index contributed by atoms with van der Waals surface area (Å²) in [5, 5.41) is 10.6. The smallest absolute Gasteiger partial charge is 0.271 e. The van der Waals surface area contributed by atoms with Crippen molar-refractivity contribution in [3.8, 4) is 0 Å². The molecule has 0 fully saturated rings. The quantitative estimate of drug-likeness (QED) is 0.450. The van der Waals surface area contributed by atoms with Gasteiger partial charge in [0.15, 0.2) is 0 Å². The van der Waals surface area contributed by atoms with Crippen LogP contribution in [0.3, 0.4) is 0 Å². The lowest BCUT2D eigenvalue weighted by Crippen LogP contribution is -1.97. The number of aromatic nitrogens is 2. The molecule has 0 atom stereocenters. The van der Waals surface area contributed by atoms with Crippen LogP contribution in [0.15, 0.2) is 30.9 Å². The molecule has 0 aliphatic heterocycles. The number of nitro benzene ring substituents is 1. The number of fused-ring (bicyclic) bond motifs is 1. The van der Waals surface area contributed by atoms with Crippen LogP contribution in [0, 0.1) is 17.0 Å². The Bertz CT molecular complexity index is 572. The summed E-state index contributed by atoms with van der Waals surface area (Å²) in [5.41, 5.74) is 1.60. The summed E-state index contributed by atoms with van der Waals surface area (Å²) in [5.74, 6) is 0.829. The van der Waals surface area contributed by atoms with Gasteiger partial charge in [0.1, 0.15) is 5.82 Å². The molecule has 1 aromatic heterocycles. The van der Waals surface area contributed by atoms with E-state index in [1.54, 1.807) is 12.1 Å². The molecule has 1 aromatic carbocycles. The van der Waals surface area contributed by atoms with Gasteiger partial charge in [0.2, 0.25) is 0 Å².